The van der Waals surface area contributed by atoms with Gasteiger partial charge in [0.15, 0.2) is 0 Å². The molecule has 2 aliphatic rings. The number of fused-ring (bicyclic) bond motifs is 1. The Kier molecular flexibility index (Phi) is 4.74. The molecular weight excluding hydrogens is 352 g/mol. The number of aryl methyl sites for hydroxylation is 1. The minimum atomic E-state index is 0.200. The second-order valence-corrected chi connectivity index (χ2v) is 8.68. The van der Waals surface area contributed by atoms with Crippen LogP contribution < -0.4 is 4.90 Å². The molecule has 2 heterocycles. The molecule has 1 aromatic heterocycles. The SMILES string of the molecule is C[C@@H]1CCc2sc(C(=O)N3CCN(c4ccccc4Cl)CC3)cc2C1. The Balaban J connectivity index is 1.43. The predicted octanol–water partition coefficient (Wildman–Crippen LogP) is 4.49. The first-order valence-electron chi connectivity index (χ1n) is 9.02. The molecule has 0 radical (unpaired) electrons. The Hall–Kier alpha value is -1.52. The van der Waals surface area contributed by atoms with Crippen LogP contribution in [0.15, 0.2) is 30.3 Å². The third-order valence-corrected chi connectivity index (χ3v) is 6.84. The molecule has 25 heavy (non-hydrogen) atoms. The van der Waals surface area contributed by atoms with Gasteiger partial charge in [-0.15, -0.1) is 11.3 Å². The summed E-state index contributed by atoms with van der Waals surface area (Å²) in [6, 6.07) is 10.1. The van der Waals surface area contributed by atoms with Gasteiger partial charge in [0.05, 0.1) is 15.6 Å². The predicted molar refractivity (Wildman–Crippen MR) is 105 cm³/mol. The van der Waals surface area contributed by atoms with Crippen molar-refractivity contribution in [2.24, 2.45) is 5.92 Å². The topological polar surface area (TPSA) is 23.6 Å². The Morgan fingerprint density at radius 1 is 1.20 bits per heavy atom. The minimum Gasteiger partial charge on any atom is -0.367 e. The van der Waals surface area contributed by atoms with E-state index in [0.717, 1.165) is 60.5 Å². The Labute approximate surface area is 158 Å². The van der Waals surface area contributed by atoms with Crippen LogP contribution in [-0.2, 0) is 12.8 Å². The van der Waals surface area contributed by atoms with E-state index in [1.165, 1.54) is 16.9 Å². The van der Waals surface area contributed by atoms with Crippen molar-refractivity contribution in [3.63, 3.8) is 0 Å². The summed E-state index contributed by atoms with van der Waals surface area (Å²) in [4.78, 5) is 19.5. The first-order valence-corrected chi connectivity index (χ1v) is 10.2. The summed E-state index contributed by atoms with van der Waals surface area (Å²) in [6.07, 6.45) is 3.51. The highest BCUT2D eigenvalue weighted by atomic mass is 35.5. The molecule has 2 aromatic rings. The number of carbonyl (C=O) groups is 1. The number of thiophene rings is 1. The van der Waals surface area contributed by atoms with Crippen molar-refractivity contribution in [1.82, 2.24) is 4.90 Å². The molecule has 0 saturated carbocycles. The summed E-state index contributed by atoms with van der Waals surface area (Å²) in [5.74, 6) is 0.940. The largest absolute Gasteiger partial charge is 0.367 e. The molecule has 1 aliphatic carbocycles. The second-order valence-electron chi connectivity index (χ2n) is 7.14. The normalized spacial score (nSPS) is 20.5. The smallest absolute Gasteiger partial charge is 0.264 e. The van der Waals surface area contributed by atoms with Crippen LogP contribution in [0.4, 0.5) is 5.69 Å². The van der Waals surface area contributed by atoms with Crippen molar-refractivity contribution in [3.8, 4) is 0 Å². The molecule has 132 valence electrons. The van der Waals surface area contributed by atoms with Gasteiger partial charge in [0, 0.05) is 31.1 Å². The van der Waals surface area contributed by atoms with Gasteiger partial charge in [-0.2, -0.15) is 0 Å². The number of amides is 1. The Bertz CT molecular complexity index is 780. The van der Waals surface area contributed by atoms with Crippen LogP contribution >= 0.6 is 22.9 Å². The zero-order chi connectivity index (χ0) is 17.4. The molecule has 0 spiro atoms. The van der Waals surface area contributed by atoms with Gasteiger partial charge in [0.25, 0.3) is 5.91 Å². The number of piperazine rings is 1. The average molecular weight is 375 g/mol. The van der Waals surface area contributed by atoms with E-state index < -0.39 is 0 Å². The molecule has 1 saturated heterocycles. The Morgan fingerprint density at radius 3 is 2.72 bits per heavy atom. The number of halogens is 1. The van der Waals surface area contributed by atoms with E-state index in [9.17, 15) is 4.79 Å². The standard InChI is InChI=1S/C20H23ClN2OS/c1-14-6-7-18-15(12-14)13-19(25-18)20(24)23-10-8-22(9-11-23)17-5-3-2-4-16(17)21/h2-5,13-14H,6-12H2,1H3/t14-/m1/s1. The zero-order valence-electron chi connectivity index (χ0n) is 14.5. The van der Waals surface area contributed by atoms with Gasteiger partial charge in [-0.3, -0.25) is 4.79 Å². The summed E-state index contributed by atoms with van der Waals surface area (Å²) < 4.78 is 0. The van der Waals surface area contributed by atoms with Gasteiger partial charge in [0.1, 0.15) is 0 Å². The van der Waals surface area contributed by atoms with Crippen molar-refractivity contribution in [2.45, 2.75) is 26.2 Å². The fraction of sp³-hybridized carbons (Fsp3) is 0.450. The number of hydrogen-bond donors (Lipinski definition) is 0. The van der Waals surface area contributed by atoms with E-state index in [2.05, 4.69) is 17.9 Å². The highest BCUT2D eigenvalue weighted by molar-refractivity contribution is 7.14. The maximum atomic E-state index is 12.9. The van der Waals surface area contributed by atoms with Crippen molar-refractivity contribution in [1.29, 1.82) is 0 Å². The molecule has 1 atom stereocenters. The number of hydrogen-bond acceptors (Lipinski definition) is 3. The summed E-state index contributed by atoms with van der Waals surface area (Å²) in [6.45, 7) is 5.47. The van der Waals surface area contributed by atoms with E-state index >= 15 is 0 Å². The summed E-state index contributed by atoms with van der Waals surface area (Å²) in [5, 5.41) is 0.780. The monoisotopic (exact) mass is 374 g/mol. The zero-order valence-corrected chi connectivity index (χ0v) is 16.1. The first-order chi connectivity index (χ1) is 12.1. The van der Waals surface area contributed by atoms with Crippen LogP contribution in [0, 0.1) is 5.92 Å². The van der Waals surface area contributed by atoms with E-state index in [4.69, 9.17) is 11.6 Å². The van der Waals surface area contributed by atoms with Crippen LogP contribution in [0.5, 0.6) is 0 Å². The maximum Gasteiger partial charge on any atom is 0.264 e. The molecule has 1 aliphatic heterocycles. The van der Waals surface area contributed by atoms with Gasteiger partial charge in [-0.25, -0.2) is 0 Å². The first kappa shape index (κ1) is 16.9. The molecule has 4 rings (SSSR count). The fourth-order valence-electron chi connectivity index (χ4n) is 3.83. The minimum absolute atomic E-state index is 0.200. The second kappa shape index (κ2) is 7.00. The molecule has 0 N–H and O–H groups in total. The summed E-state index contributed by atoms with van der Waals surface area (Å²) in [5.41, 5.74) is 2.47. The number of nitrogens with zero attached hydrogens (tertiary/aromatic N) is 2. The number of carbonyl (C=O) groups excluding carboxylic acids is 1. The van der Waals surface area contributed by atoms with E-state index in [1.807, 2.05) is 29.2 Å². The van der Waals surface area contributed by atoms with Crippen LogP contribution in [0.2, 0.25) is 5.02 Å². The third-order valence-electron chi connectivity index (χ3n) is 5.30. The van der Waals surface area contributed by atoms with Crippen molar-refractivity contribution >= 4 is 34.5 Å². The van der Waals surface area contributed by atoms with Crippen LogP contribution in [0.25, 0.3) is 0 Å². The molecule has 3 nitrogen and oxygen atoms in total. The summed E-state index contributed by atoms with van der Waals surface area (Å²) >= 11 is 8.01. The van der Waals surface area contributed by atoms with Crippen LogP contribution in [0.3, 0.4) is 0 Å². The number of rotatable bonds is 2. The lowest BCUT2D eigenvalue weighted by atomic mass is 9.90. The molecule has 1 amide bonds. The number of benzene rings is 1. The van der Waals surface area contributed by atoms with E-state index in [0.29, 0.717) is 0 Å². The van der Waals surface area contributed by atoms with Crippen LogP contribution in [-0.4, -0.2) is 37.0 Å². The summed E-state index contributed by atoms with van der Waals surface area (Å²) in [7, 11) is 0. The van der Waals surface area contributed by atoms with Gasteiger partial charge in [0.2, 0.25) is 0 Å². The number of anilines is 1. The number of para-hydroxylation sites is 1. The van der Waals surface area contributed by atoms with Crippen molar-refractivity contribution in [3.05, 3.63) is 50.7 Å². The molecule has 0 bridgehead atoms. The molecule has 1 aromatic carbocycles. The lowest BCUT2D eigenvalue weighted by Crippen LogP contribution is -2.48. The molecule has 0 unspecified atom stereocenters. The molecule has 5 heteroatoms. The van der Waals surface area contributed by atoms with Crippen molar-refractivity contribution < 1.29 is 4.79 Å². The van der Waals surface area contributed by atoms with Crippen molar-refractivity contribution in [2.75, 3.05) is 31.1 Å². The lowest BCUT2D eigenvalue weighted by Gasteiger charge is -2.36. The maximum absolute atomic E-state index is 12.9. The molecule has 1 fully saturated rings. The van der Waals surface area contributed by atoms with Gasteiger partial charge in [-0.05, 0) is 48.9 Å². The van der Waals surface area contributed by atoms with Gasteiger partial charge >= 0.3 is 0 Å². The highest BCUT2D eigenvalue weighted by Crippen LogP contribution is 2.33. The average Bonchev–Trinajstić information content (AvgIpc) is 3.05. The quantitative estimate of drug-likeness (QED) is 0.773. The Morgan fingerprint density at radius 2 is 1.96 bits per heavy atom. The highest BCUT2D eigenvalue weighted by Gasteiger charge is 2.26. The third kappa shape index (κ3) is 3.42. The molecular formula is C20H23ClN2OS. The fourth-order valence-corrected chi connectivity index (χ4v) is 5.26. The van der Waals surface area contributed by atoms with E-state index in [-0.39, 0.29) is 5.91 Å². The van der Waals surface area contributed by atoms with Gasteiger partial charge < -0.3 is 9.80 Å². The van der Waals surface area contributed by atoms with Crippen LogP contribution in [0.1, 0.15) is 33.5 Å². The van der Waals surface area contributed by atoms with E-state index in [1.54, 1.807) is 11.3 Å². The van der Waals surface area contributed by atoms with Gasteiger partial charge in [-0.1, -0.05) is 30.7 Å². The lowest BCUT2D eigenvalue weighted by molar-refractivity contribution is 0.0751.